The van der Waals surface area contributed by atoms with E-state index in [0.29, 0.717) is 12.0 Å². The number of aromatic nitrogens is 3. The number of nitrogens with zero attached hydrogens (tertiary/aromatic N) is 4. The standard InChI is InChI=1S/C12H19N5/c1-9(6-8-16(2)3)17-11-10(15-12(17)13)5-4-7-14-11/h4-5,7,9H,6,8H2,1-3H3,(H2,13,15). The molecule has 0 radical (unpaired) electrons. The summed E-state index contributed by atoms with van der Waals surface area (Å²) in [4.78, 5) is 10.8. The number of pyridine rings is 1. The van der Waals surface area contributed by atoms with Gasteiger partial charge in [-0.2, -0.15) is 0 Å². The Morgan fingerprint density at radius 3 is 2.94 bits per heavy atom. The second-order valence-corrected chi connectivity index (χ2v) is 4.63. The number of fused-ring (bicyclic) bond motifs is 1. The highest BCUT2D eigenvalue weighted by Crippen LogP contribution is 2.22. The van der Waals surface area contributed by atoms with E-state index in [1.165, 1.54) is 0 Å². The summed E-state index contributed by atoms with van der Waals surface area (Å²) < 4.78 is 2.01. The zero-order valence-corrected chi connectivity index (χ0v) is 10.6. The first-order valence-corrected chi connectivity index (χ1v) is 5.82. The number of anilines is 1. The van der Waals surface area contributed by atoms with Crippen LogP contribution in [0.25, 0.3) is 11.2 Å². The molecule has 0 aliphatic rings. The van der Waals surface area contributed by atoms with Crippen molar-refractivity contribution in [2.75, 3.05) is 26.4 Å². The van der Waals surface area contributed by atoms with Crippen LogP contribution in [0.4, 0.5) is 5.95 Å². The lowest BCUT2D eigenvalue weighted by atomic mass is 10.2. The summed E-state index contributed by atoms with van der Waals surface area (Å²) in [6.07, 6.45) is 2.80. The molecule has 0 fully saturated rings. The predicted molar refractivity (Wildman–Crippen MR) is 69.8 cm³/mol. The molecule has 0 aromatic carbocycles. The molecule has 0 amide bonds. The van der Waals surface area contributed by atoms with E-state index in [-0.39, 0.29) is 0 Å². The highest BCUT2D eigenvalue weighted by atomic mass is 15.2. The Hall–Kier alpha value is -1.62. The lowest BCUT2D eigenvalue weighted by Gasteiger charge is -2.17. The van der Waals surface area contributed by atoms with Crippen LogP contribution in [-0.4, -0.2) is 40.1 Å². The second-order valence-electron chi connectivity index (χ2n) is 4.63. The van der Waals surface area contributed by atoms with Crippen LogP contribution in [0.3, 0.4) is 0 Å². The molecule has 2 N–H and O–H groups in total. The van der Waals surface area contributed by atoms with Gasteiger partial charge < -0.3 is 10.6 Å². The average Bonchev–Trinajstić information content (AvgIpc) is 2.61. The fourth-order valence-corrected chi connectivity index (χ4v) is 1.96. The minimum atomic E-state index is 0.303. The molecular weight excluding hydrogens is 214 g/mol. The van der Waals surface area contributed by atoms with Gasteiger partial charge in [0, 0.05) is 12.2 Å². The molecule has 5 heteroatoms. The summed E-state index contributed by atoms with van der Waals surface area (Å²) in [6, 6.07) is 4.12. The average molecular weight is 233 g/mol. The number of imidazole rings is 1. The van der Waals surface area contributed by atoms with Crippen LogP contribution in [-0.2, 0) is 0 Å². The lowest BCUT2D eigenvalue weighted by molar-refractivity contribution is 0.361. The zero-order chi connectivity index (χ0) is 12.4. The van der Waals surface area contributed by atoms with Gasteiger partial charge in [0.05, 0.1) is 0 Å². The van der Waals surface area contributed by atoms with Crippen molar-refractivity contribution in [2.45, 2.75) is 19.4 Å². The Balaban J connectivity index is 2.30. The normalized spacial score (nSPS) is 13.4. The molecule has 5 nitrogen and oxygen atoms in total. The van der Waals surface area contributed by atoms with E-state index < -0.39 is 0 Å². The molecule has 2 rings (SSSR count). The zero-order valence-electron chi connectivity index (χ0n) is 10.6. The fourth-order valence-electron chi connectivity index (χ4n) is 1.96. The first kappa shape index (κ1) is 11.9. The Labute approximate surface area is 101 Å². The summed E-state index contributed by atoms with van der Waals surface area (Å²) in [5.41, 5.74) is 7.69. The third kappa shape index (κ3) is 2.39. The van der Waals surface area contributed by atoms with Gasteiger partial charge >= 0.3 is 0 Å². The van der Waals surface area contributed by atoms with Crippen molar-refractivity contribution < 1.29 is 0 Å². The SMILES string of the molecule is CC(CCN(C)C)n1c(N)nc2cccnc21. The number of hydrogen-bond donors (Lipinski definition) is 1. The molecule has 0 saturated carbocycles. The van der Waals surface area contributed by atoms with Crippen LogP contribution >= 0.6 is 0 Å². The van der Waals surface area contributed by atoms with Crippen molar-refractivity contribution in [1.82, 2.24) is 19.4 Å². The van der Waals surface area contributed by atoms with E-state index in [9.17, 15) is 0 Å². The molecule has 0 aliphatic carbocycles. The van der Waals surface area contributed by atoms with Crippen LogP contribution in [0, 0.1) is 0 Å². The van der Waals surface area contributed by atoms with E-state index >= 15 is 0 Å². The van der Waals surface area contributed by atoms with Crippen molar-refractivity contribution in [3.8, 4) is 0 Å². The topological polar surface area (TPSA) is 60.0 Å². The van der Waals surface area contributed by atoms with E-state index in [1.54, 1.807) is 6.20 Å². The van der Waals surface area contributed by atoms with Crippen LogP contribution in [0.2, 0.25) is 0 Å². The Kier molecular flexibility index (Phi) is 3.28. The number of nitrogen functional groups attached to an aromatic ring is 1. The lowest BCUT2D eigenvalue weighted by Crippen LogP contribution is -2.18. The maximum atomic E-state index is 5.96. The second kappa shape index (κ2) is 4.71. The highest BCUT2D eigenvalue weighted by molar-refractivity contribution is 5.73. The summed E-state index contributed by atoms with van der Waals surface area (Å²) in [5.74, 6) is 0.546. The molecule has 2 aromatic rings. The van der Waals surface area contributed by atoms with Gasteiger partial charge in [0.2, 0.25) is 5.95 Å². The monoisotopic (exact) mass is 233 g/mol. The molecule has 1 atom stereocenters. The van der Waals surface area contributed by atoms with Crippen molar-refractivity contribution >= 4 is 17.1 Å². The maximum Gasteiger partial charge on any atom is 0.202 e. The van der Waals surface area contributed by atoms with E-state index in [0.717, 1.165) is 24.1 Å². The quantitative estimate of drug-likeness (QED) is 0.870. The van der Waals surface area contributed by atoms with Gasteiger partial charge in [-0.15, -0.1) is 0 Å². The van der Waals surface area contributed by atoms with Crippen LogP contribution in [0.1, 0.15) is 19.4 Å². The maximum absolute atomic E-state index is 5.96. The van der Waals surface area contributed by atoms with Crippen molar-refractivity contribution in [3.05, 3.63) is 18.3 Å². The summed E-state index contributed by atoms with van der Waals surface area (Å²) in [5, 5.41) is 0. The van der Waals surface area contributed by atoms with Crippen LogP contribution in [0.5, 0.6) is 0 Å². The first-order chi connectivity index (χ1) is 8.09. The highest BCUT2D eigenvalue weighted by Gasteiger charge is 2.14. The minimum Gasteiger partial charge on any atom is -0.369 e. The Morgan fingerprint density at radius 1 is 1.47 bits per heavy atom. The smallest absolute Gasteiger partial charge is 0.202 e. The molecular formula is C12H19N5. The molecule has 1 unspecified atom stereocenters. The van der Waals surface area contributed by atoms with Gasteiger partial charge in [-0.1, -0.05) is 0 Å². The van der Waals surface area contributed by atoms with Gasteiger partial charge in [-0.05, 0) is 46.1 Å². The molecule has 0 saturated heterocycles. The largest absolute Gasteiger partial charge is 0.369 e. The summed E-state index contributed by atoms with van der Waals surface area (Å²) in [7, 11) is 4.14. The van der Waals surface area contributed by atoms with E-state index in [1.807, 2.05) is 16.7 Å². The molecule has 0 spiro atoms. The Bertz CT molecular complexity index is 503. The molecule has 92 valence electrons. The van der Waals surface area contributed by atoms with Crippen LogP contribution < -0.4 is 5.73 Å². The third-order valence-electron chi connectivity index (χ3n) is 2.91. The first-order valence-electron chi connectivity index (χ1n) is 5.82. The fraction of sp³-hybridized carbons (Fsp3) is 0.500. The van der Waals surface area contributed by atoms with Gasteiger partial charge in [-0.25, -0.2) is 9.97 Å². The van der Waals surface area contributed by atoms with Crippen molar-refractivity contribution in [3.63, 3.8) is 0 Å². The van der Waals surface area contributed by atoms with Gasteiger partial charge in [-0.3, -0.25) is 4.57 Å². The third-order valence-corrected chi connectivity index (χ3v) is 2.91. The van der Waals surface area contributed by atoms with Gasteiger partial charge in [0.1, 0.15) is 5.52 Å². The van der Waals surface area contributed by atoms with Crippen LogP contribution in [0.15, 0.2) is 18.3 Å². The number of hydrogen-bond acceptors (Lipinski definition) is 4. The molecule has 2 heterocycles. The molecule has 0 bridgehead atoms. The predicted octanol–water partition coefficient (Wildman–Crippen LogP) is 1.53. The molecule has 2 aromatic heterocycles. The number of rotatable bonds is 4. The molecule has 0 aliphatic heterocycles. The number of nitrogens with two attached hydrogens (primary N) is 1. The summed E-state index contributed by atoms with van der Waals surface area (Å²) >= 11 is 0. The summed E-state index contributed by atoms with van der Waals surface area (Å²) in [6.45, 7) is 3.17. The van der Waals surface area contributed by atoms with Gasteiger partial charge in [0.15, 0.2) is 5.65 Å². The van der Waals surface area contributed by atoms with Crippen molar-refractivity contribution in [2.24, 2.45) is 0 Å². The van der Waals surface area contributed by atoms with E-state index in [2.05, 4.69) is 35.9 Å². The van der Waals surface area contributed by atoms with Crippen molar-refractivity contribution in [1.29, 1.82) is 0 Å². The Morgan fingerprint density at radius 2 is 2.24 bits per heavy atom. The van der Waals surface area contributed by atoms with Gasteiger partial charge in [0.25, 0.3) is 0 Å². The minimum absolute atomic E-state index is 0.303. The van der Waals surface area contributed by atoms with E-state index in [4.69, 9.17) is 5.73 Å². The molecule has 17 heavy (non-hydrogen) atoms.